The number of aromatic amines is 1. The van der Waals surface area contributed by atoms with Gasteiger partial charge >= 0.3 is 5.97 Å². The Bertz CT molecular complexity index is 1260. The molecule has 1 aliphatic heterocycles. The number of fused-ring (bicyclic) bond motifs is 3. The van der Waals surface area contributed by atoms with Crippen LogP contribution >= 0.6 is 39.3 Å². The van der Waals surface area contributed by atoms with Gasteiger partial charge in [0.25, 0.3) is 0 Å². The molecule has 2 N–H and O–H groups in total. The van der Waals surface area contributed by atoms with Crippen molar-refractivity contribution in [1.29, 1.82) is 0 Å². The average molecular weight is 505 g/mol. The van der Waals surface area contributed by atoms with E-state index in [0.29, 0.717) is 10.8 Å². The molecule has 30 heavy (non-hydrogen) atoms. The first-order valence-electron chi connectivity index (χ1n) is 9.26. The molecule has 0 aliphatic carbocycles. The molecular weight excluding hydrogens is 490 g/mol. The Hall–Kier alpha value is -2.36. The predicted molar refractivity (Wildman–Crippen MR) is 118 cm³/mol. The van der Waals surface area contributed by atoms with Crippen molar-refractivity contribution in [1.82, 2.24) is 25.2 Å². The third kappa shape index (κ3) is 3.40. The molecule has 0 spiro atoms. The lowest BCUT2D eigenvalue weighted by Crippen LogP contribution is -2.04. The van der Waals surface area contributed by atoms with Gasteiger partial charge in [0, 0.05) is 48.4 Å². The van der Waals surface area contributed by atoms with Gasteiger partial charge in [-0.2, -0.15) is 5.21 Å². The van der Waals surface area contributed by atoms with E-state index in [-0.39, 0.29) is 12.3 Å². The van der Waals surface area contributed by atoms with Crippen molar-refractivity contribution in [2.75, 3.05) is 0 Å². The number of aromatic nitrogens is 5. The highest BCUT2D eigenvalue weighted by Crippen LogP contribution is 2.49. The lowest BCUT2D eigenvalue weighted by atomic mass is 10.00. The van der Waals surface area contributed by atoms with Gasteiger partial charge in [-0.05, 0) is 48.0 Å². The van der Waals surface area contributed by atoms with Crippen LogP contribution in [0.5, 0.6) is 0 Å². The smallest absolute Gasteiger partial charge is 0.304 e. The van der Waals surface area contributed by atoms with Gasteiger partial charge in [0.2, 0.25) is 5.82 Å². The van der Waals surface area contributed by atoms with Crippen LogP contribution in [0, 0.1) is 0 Å². The maximum atomic E-state index is 11.5. The van der Waals surface area contributed by atoms with Crippen molar-refractivity contribution < 1.29 is 9.90 Å². The highest BCUT2D eigenvalue weighted by Gasteiger charge is 2.32. The maximum absolute atomic E-state index is 11.5. The fourth-order valence-corrected chi connectivity index (χ4v) is 6.14. The van der Waals surface area contributed by atoms with Gasteiger partial charge < -0.3 is 9.67 Å². The predicted octanol–water partition coefficient (Wildman–Crippen LogP) is 5.35. The van der Waals surface area contributed by atoms with Crippen LogP contribution in [0.15, 0.2) is 50.7 Å². The number of aliphatic carboxylic acids is 1. The van der Waals surface area contributed by atoms with Crippen LogP contribution in [0.1, 0.15) is 24.5 Å². The monoisotopic (exact) mass is 503 g/mol. The molecule has 10 heteroatoms. The van der Waals surface area contributed by atoms with Crippen LogP contribution in [0.2, 0.25) is 5.02 Å². The van der Waals surface area contributed by atoms with E-state index in [1.165, 1.54) is 0 Å². The van der Waals surface area contributed by atoms with Crippen LogP contribution in [0.4, 0.5) is 0 Å². The molecule has 1 unspecified atom stereocenters. The molecule has 0 amide bonds. The minimum absolute atomic E-state index is 0.0368. The molecule has 0 fully saturated rings. The number of halogens is 2. The number of tetrazole rings is 1. The molecule has 1 atom stereocenters. The van der Waals surface area contributed by atoms with Crippen LogP contribution in [0.25, 0.3) is 22.3 Å². The van der Waals surface area contributed by atoms with E-state index in [9.17, 15) is 9.90 Å². The molecule has 0 bridgehead atoms. The van der Waals surface area contributed by atoms with Crippen LogP contribution in [0.3, 0.4) is 0 Å². The molecule has 3 heterocycles. The van der Waals surface area contributed by atoms with Gasteiger partial charge in [0.1, 0.15) is 0 Å². The summed E-state index contributed by atoms with van der Waals surface area (Å²) in [5.74, 6) is -0.307. The molecule has 2 aromatic carbocycles. The summed E-state index contributed by atoms with van der Waals surface area (Å²) >= 11 is 11.4. The van der Waals surface area contributed by atoms with Crippen molar-refractivity contribution in [2.45, 2.75) is 35.1 Å². The zero-order chi connectivity index (χ0) is 20.8. The molecule has 0 radical (unpaired) electrons. The molecule has 4 aromatic rings. The molecule has 5 rings (SSSR count). The van der Waals surface area contributed by atoms with Crippen molar-refractivity contribution in [3.05, 3.63) is 51.6 Å². The number of nitrogens with one attached hydrogen (secondary N) is 1. The Labute approximate surface area is 188 Å². The SMILES string of the molecule is O=C(O)CC1CCn2c1c(Sc1ccc(Cl)cc1)c1c(Br)cc(-c3nn[nH]n3)cc12. The summed E-state index contributed by atoms with van der Waals surface area (Å²) in [4.78, 5) is 13.6. The minimum Gasteiger partial charge on any atom is -0.481 e. The van der Waals surface area contributed by atoms with E-state index < -0.39 is 5.97 Å². The molecule has 0 saturated carbocycles. The van der Waals surface area contributed by atoms with Crippen molar-refractivity contribution in [3.63, 3.8) is 0 Å². The number of H-pyrrole nitrogens is 1. The van der Waals surface area contributed by atoms with E-state index in [1.54, 1.807) is 11.8 Å². The Kier molecular flexibility index (Phi) is 5.04. The second kappa shape index (κ2) is 7.72. The number of benzene rings is 2. The highest BCUT2D eigenvalue weighted by atomic mass is 79.9. The Morgan fingerprint density at radius 2 is 2.13 bits per heavy atom. The molecular formula is C20H15BrClN5O2S. The van der Waals surface area contributed by atoms with Crippen molar-refractivity contribution >= 4 is 56.2 Å². The number of carbonyl (C=O) groups is 1. The zero-order valence-electron chi connectivity index (χ0n) is 15.5. The summed E-state index contributed by atoms with van der Waals surface area (Å²) in [6.07, 6.45) is 0.912. The fourth-order valence-electron chi connectivity index (χ4n) is 4.03. The number of carboxylic acids is 1. The third-order valence-corrected chi connectivity index (χ3v) is 7.26. The average Bonchev–Trinajstić information content (AvgIpc) is 3.42. The molecule has 2 aromatic heterocycles. The molecule has 7 nitrogen and oxygen atoms in total. The van der Waals surface area contributed by atoms with Crippen LogP contribution in [-0.2, 0) is 11.3 Å². The highest BCUT2D eigenvalue weighted by molar-refractivity contribution is 9.10. The summed E-state index contributed by atoms with van der Waals surface area (Å²) in [6, 6.07) is 11.7. The second-order valence-electron chi connectivity index (χ2n) is 7.09. The number of carboxylic acid groups (broad SMARTS) is 1. The molecule has 0 saturated heterocycles. The normalized spacial score (nSPS) is 15.6. The summed E-state index contributed by atoms with van der Waals surface area (Å²) in [6.45, 7) is 0.771. The standard InChI is InChI=1S/C20H15BrClN5O2S/c21-14-7-11(20-23-25-26-24-20)8-15-17(14)19(30-13-3-1-12(22)2-4-13)18-10(9-16(28)29)5-6-27(15)18/h1-4,7-8,10H,5-6,9H2,(H,28,29)(H,23,24,25,26). The minimum atomic E-state index is -0.785. The van der Waals surface area contributed by atoms with Gasteiger partial charge in [-0.25, -0.2) is 0 Å². The second-order valence-corrected chi connectivity index (χ2v) is 9.47. The number of aryl methyl sites for hydroxylation is 1. The Morgan fingerprint density at radius 1 is 1.33 bits per heavy atom. The summed E-state index contributed by atoms with van der Waals surface area (Å²) in [5, 5.41) is 25.5. The molecule has 152 valence electrons. The largest absolute Gasteiger partial charge is 0.481 e. The van der Waals surface area contributed by atoms with E-state index in [0.717, 1.165) is 49.4 Å². The van der Waals surface area contributed by atoms with E-state index in [1.807, 2.05) is 36.4 Å². The summed E-state index contributed by atoms with van der Waals surface area (Å²) in [7, 11) is 0. The zero-order valence-corrected chi connectivity index (χ0v) is 18.6. The van der Waals surface area contributed by atoms with E-state index >= 15 is 0 Å². The quantitative estimate of drug-likeness (QED) is 0.380. The third-order valence-electron chi connectivity index (χ3n) is 5.26. The number of hydrogen-bond acceptors (Lipinski definition) is 5. The number of hydrogen-bond donors (Lipinski definition) is 2. The van der Waals surface area contributed by atoms with E-state index in [4.69, 9.17) is 11.6 Å². The Morgan fingerprint density at radius 3 is 2.83 bits per heavy atom. The van der Waals surface area contributed by atoms with Crippen molar-refractivity contribution in [2.24, 2.45) is 0 Å². The topological polar surface area (TPSA) is 96.7 Å². The van der Waals surface area contributed by atoms with Gasteiger partial charge in [-0.3, -0.25) is 4.79 Å². The van der Waals surface area contributed by atoms with Gasteiger partial charge in [-0.15, -0.1) is 10.2 Å². The lowest BCUT2D eigenvalue weighted by Gasteiger charge is -2.11. The molecule has 1 aliphatic rings. The van der Waals surface area contributed by atoms with Crippen LogP contribution < -0.4 is 0 Å². The first kappa shape index (κ1) is 19.6. The first-order chi connectivity index (χ1) is 14.5. The summed E-state index contributed by atoms with van der Waals surface area (Å²) in [5.41, 5.74) is 2.94. The Balaban J connectivity index is 1.72. The van der Waals surface area contributed by atoms with Crippen molar-refractivity contribution in [3.8, 4) is 11.4 Å². The summed E-state index contributed by atoms with van der Waals surface area (Å²) < 4.78 is 3.14. The number of rotatable bonds is 5. The van der Waals surface area contributed by atoms with Gasteiger partial charge in [0.15, 0.2) is 0 Å². The lowest BCUT2D eigenvalue weighted by molar-refractivity contribution is -0.137. The van der Waals surface area contributed by atoms with E-state index in [2.05, 4.69) is 41.1 Å². The first-order valence-corrected chi connectivity index (χ1v) is 11.2. The fraction of sp³-hybridized carbons (Fsp3) is 0.200. The van der Waals surface area contributed by atoms with Crippen LogP contribution in [-0.4, -0.2) is 36.3 Å². The van der Waals surface area contributed by atoms with Gasteiger partial charge in [-0.1, -0.05) is 39.3 Å². The number of nitrogens with zero attached hydrogens (tertiary/aromatic N) is 4. The van der Waals surface area contributed by atoms with Gasteiger partial charge in [0.05, 0.1) is 11.9 Å². The maximum Gasteiger partial charge on any atom is 0.304 e.